The molecule has 2 aromatic rings. The van der Waals surface area contributed by atoms with Crippen molar-refractivity contribution in [3.8, 4) is 16.9 Å². The highest BCUT2D eigenvalue weighted by Gasteiger charge is 2.15. The van der Waals surface area contributed by atoms with Crippen molar-refractivity contribution >= 4 is 0 Å². The molecule has 1 aliphatic heterocycles. The van der Waals surface area contributed by atoms with Crippen molar-refractivity contribution in [1.82, 2.24) is 15.1 Å². The Morgan fingerprint density at radius 1 is 1.30 bits per heavy atom. The van der Waals surface area contributed by atoms with Gasteiger partial charge < -0.3 is 10.1 Å². The fourth-order valence-corrected chi connectivity index (χ4v) is 2.70. The second-order valence-electron chi connectivity index (χ2n) is 5.45. The van der Waals surface area contributed by atoms with Crippen molar-refractivity contribution in [3.05, 3.63) is 36.2 Å². The minimum atomic E-state index is 0.347. The number of rotatable bonds is 3. The topological polar surface area (TPSA) is 39.1 Å². The van der Waals surface area contributed by atoms with Gasteiger partial charge in [-0.2, -0.15) is 5.10 Å². The molecule has 0 unspecified atom stereocenters. The molecule has 0 spiro atoms. The van der Waals surface area contributed by atoms with E-state index < -0.39 is 0 Å². The van der Waals surface area contributed by atoms with Gasteiger partial charge in [0.15, 0.2) is 0 Å². The number of nitrogens with zero attached hydrogens (tertiary/aromatic N) is 2. The van der Waals surface area contributed by atoms with Crippen molar-refractivity contribution < 1.29 is 4.74 Å². The van der Waals surface area contributed by atoms with Gasteiger partial charge in [-0.1, -0.05) is 6.07 Å². The van der Waals surface area contributed by atoms with E-state index in [9.17, 15) is 0 Å². The number of piperidine rings is 1. The number of benzene rings is 1. The molecule has 4 nitrogen and oxygen atoms in total. The molecular formula is C16H21N3O. The largest absolute Gasteiger partial charge is 0.490 e. The maximum Gasteiger partial charge on any atom is 0.120 e. The first-order valence-corrected chi connectivity index (χ1v) is 7.19. The zero-order valence-corrected chi connectivity index (χ0v) is 12.1. The molecule has 2 heterocycles. The summed E-state index contributed by atoms with van der Waals surface area (Å²) in [5.41, 5.74) is 3.60. The lowest BCUT2D eigenvalue weighted by molar-refractivity contribution is 0.162. The number of ether oxygens (including phenoxy) is 1. The highest BCUT2D eigenvalue weighted by molar-refractivity contribution is 5.66. The Morgan fingerprint density at radius 3 is 2.75 bits per heavy atom. The minimum absolute atomic E-state index is 0.347. The number of nitrogens with one attached hydrogen (secondary N) is 1. The van der Waals surface area contributed by atoms with Crippen LogP contribution in [0, 0.1) is 6.92 Å². The number of aryl methyl sites for hydroxylation is 2. The maximum atomic E-state index is 6.07. The van der Waals surface area contributed by atoms with Crippen LogP contribution in [-0.4, -0.2) is 29.0 Å². The van der Waals surface area contributed by atoms with Crippen LogP contribution < -0.4 is 10.1 Å². The molecular weight excluding hydrogens is 250 g/mol. The van der Waals surface area contributed by atoms with Gasteiger partial charge in [-0.25, -0.2) is 0 Å². The van der Waals surface area contributed by atoms with Crippen LogP contribution in [0.2, 0.25) is 0 Å². The third-order valence-electron chi connectivity index (χ3n) is 3.80. The number of hydrogen-bond donors (Lipinski definition) is 1. The predicted octanol–water partition coefficient (Wildman–Crippen LogP) is 2.53. The van der Waals surface area contributed by atoms with Crippen LogP contribution >= 0.6 is 0 Å². The molecule has 1 saturated heterocycles. The third kappa shape index (κ3) is 2.85. The van der Waals surface area contributed by atoms with Crippen LogP contribution in [0.15, 0.2) is 30.6 Å². The fourth-order valence-electron chi connectivity index (χ4n) is 2.70. The van der Waals surface area contributed by atoms with Crippen molar-refractivity contribution in [3.63, 3.8) is 0 Å². The molecule has 4 heteroatoms. The summed E-state index contributed by atoms with van der Waals surface area (Å²) in [7, 11) is 1.94. The van der Waals surface area contributed by atoms with E-state index in [0.717, 1.165) is 37.2 Å². The Balaban J connectivity index is 1.76. The van der Waals surface area contributed by atoms with Gasteiger partial charge in [0.25, 0.3) is 0 Å². The van der Waals surface area contributed by atoms with Crippen LogP contribution in [-0.2, 0) is 7.05 Å². The summed E-state index contributed by atoms with van der Waals surface area (Å²) in [5.74, 6) is 0.974. The Morgan fingerprint density at radius 2 is 2.10 bits per heavy atom. The Hall–Kier alpha value is -1.81. The quantitative estimate of drug-likeness (QED) is 0.932. The van der Waals surface area contributed by atoms with Gasteiger partial charge in [-0.3, -0.25) is 4.68 Å². The van der Waals surface area contributed by atoms with E-state index in [0.29, 0.717) is 6.10 Å². The second kappa shape index (κ2) is 5.67. The van der Waals surface area contributed by atoms with E-state index in [2.05, 4.69) is 35.5 Å². The first-order chi connectivity index (χ1) is 9.72. The van der Waals surface area contributed by atoms with E-state index in [1.54, 1.807) is 0 Å². The second-order valence-corrected chi connectivity index (χ2v) is 5.45. The Bertz CT molecular complexity index is 585. The molecule has 0 atom stereocenters. The summed E-state index contributed by atoms with van der Waals surface area (Å²) in [4.78, 5) is 0. The standard InChI is InChI=1S/C16H21N3O/c1-12-9-15(20-14-5-7-17-8-6-14)3-4-16(12)13-10-18-19(2)11-13/h3-4,9-11,14,17H,5-8H2,1-2H3. The van der Waals surface area contributed by atoms with Gasteiger partial charge in [0.1, 0.15) is 11.9 Å². The Labute approximate surface area is 119 Å². The number of aromatic nitrogens is 2. The molecule has 1 N–H and O–H groups in total. The van der Waals surface area contributed by atoms with Gasteiger partial charge >= 0.3 is 0 Å². The van der Waals surface area contributed by atoms with E-state index in [1.807, 2.05) is 24.1 Å². The van der Waals surface area contributed by atoms with Crippen molar-refractivity contribution in [2.75, 3.05) is 13.1 Å². The van der Waals surface area contributed by atoms with Crippen molar-refractivity contribution in [1.29, 1.82) is 0 Å². The van der Waals surface area contributed by atoms with E-state index in [4.69, 9.17) is 4.74 Å². The summed E-state index contributed by atoms with van der Waals surface area (Å²) in [6.07, 6.45) is 6.46. The highest BCUT2D eigenvalue weighted by atomic mass is 16.5. The molecule has 1 aromatic carbocycles. The summed E-state index contributed by atoms with van der Waals surface area (Å²) < 4.78 is 7.90. The molecule has 1 aromatic heterocycles. The van der Waals surface area contributed by atoms with Crippen LogP contribution in [0.4, 0.5) is 0 Å². The Kier molecular flexibility index (Phi) is 3.74. The molecule has 3 rings (SSSR count). The summed E-state index contributed by atoms with van der Waals surface area (Å²) in [6.45, 7) is 4.23. The zero-order valence-electron chi connectivity index (χ0n) is 12.1. The van der Waals surface area contributed by atoms with Gasteiger partial charge in [0.2, 0.25) is 0 Å². The van der Waals surface area contributed by atoms with Crippen LogP contribution in [0.5, 0.6) is 5.75 Å². The predicted molar refractivity (Wildman–Crippen MR) is 79.9 cm³/mol. The molecule has 1 fully saturated rings. The lowest BCUT2D eigenvalue weighted by Gasteiger charge is -2.24. The fraction of sp³-hybridized carbons (Fsp3) is 0.438. The van der Waals surface area contributed by atoms with Gasteiger partial charge in [0, 0.05) is 18.8 Å². The molecule has 0 saturated carbocycles. The zero-order chi connectivity index (χ0) is 13.9. The SMILES string of the molecule is Cc1cc(OC2CCNCC2)ccc1-c1cnn(C)c1. The lowest BCUT2D eigenvalue weighted by atomic mass is 10.0. The molecule has 106 valence electrons. The number of hydrogen-bond acceptors (Lipinski definition) is 3. The van der Waals surface area contributed by atoms with E-state index in [-0.39, 0.29) is 0 Å². The van der Waals surface area contributed by atoms with Gasteiger partial charge in [-0.05, 0) is 56.1 Å². The molecule has 0 amide bonds. The van der Waals surface area contributed by atoms with Crippen LogP contribution in [0.3, 0.4) is 0 Å². The summed E-state index contributed by atoms with van der Waals surface area (Å²) >= 11 is 0. The van der Waals surface area contributed by atoms with Crippen LogP contribution in [0.25, 0.3) is 11.1 Å². The average molecular weight is 271 g/mol. The van der Waals surface area contributed by atoms with E-state index >= 15 is 0 Å². The first-order valence-electron chi connectivity index (χ1n) is 7.19. The maximum absolute atomic E-state index is 6.07. The summed E-state index contributed by atoms with van der Waals surface area (Å²) in [5, 5.41) is 7.58. The minimum Gasteiger partial charge on any atom is -0.490 e. The molecule has 0 bridgehead atoms. The lowest BCUT2D eigenvalue weighted by Crippen LogP contribution is -2.34. The normalized spacial score (nSPS) is 16.3. The smallest absolute Gasteiger partial charge is 0.120 e. The van der Waals surface area contributed by atoms with Crippen LogP contribution in [0.1, 0.15) is 18.4 Å². The van der Waals surface area contributed by atoms with Gasteiger partial charge in [-0.15, -0.1) is 0 Å². The highest BCUT2D eigenvalue weighted by Crippen LogP contribution is 2.27. The first kappa shape index (κ1) is 13.2. The molecule has 1 aliphatic rings. The molecule has 0 radical (unpaired) electrons. The molecule has 20 heavy (non-hydrogen) atoms. The van der Waals surface area contributed by atoms with Crippen molar-refractivity contribution in [2.24, 2.45) is 7.05 Å². The molecule has 0 aliphatic carbocycles. The third-order valence-corrected chi connectivity index (χ3v) is 3.80. The van der Waals surface area contributed by atoms with E-state index in [1.165, 1.54) is 11.1 Å². The monoisotopic (exact) mass is 271 g/mol. The average Bonchev–Trinajstić information content (AvgIpc) is 2.86. The van der Waals surface area contributed by atoms with Gasteiger partial charge in [0.05, 0.1) is 6.20 Å². The van der Waals surface area contributed by atoms with Crippen molar-refractivity contribution in [2.45, 2.75) is 25.9 Å². The summed E-state index contributed by atoms with van der Waals surface area (Å²) in [6, 6.07) is 6.32.